The van der Waals surface area contributed by atoms with Gasteiger partial charge in [-0.05, 0) is 13.8 Å². The van der Waals surface area contributed by atoms with E-state index in [9.17, 15) is 4.79 Å². The number of rotatable bonds is 7. The predicted molar refractivity (Wildman–Crippen MR) is 73.0 cm³/mol. The minimum absolute atomic E-state index is 0.0259. The van der Waals surface area contributed by atoms with E-state index in [1.165, 1.54) is 0 Å². The highest BCUT2D eigenvalue weighted by atomic mass is 16.5. The molecule has 0 unspecified atom stereocenters. The van der Waals surface area contributed by atoms with Gasteiger partial charge >= 0.3 is 0 Å². The Hall–Kier alpha value is -2.22. The van der Waals surface area contributed by atoms with E-state index in [2.05, 4.69) is 15.1 Å². The maximum absolute atomic E-state index is 12.5. The molecule has 0 aliphatic carbocycles. The highest BCUT2D eigenvalue weighted by Crippen LogP contribution is 2.12. The molecule has 8 heteroatoms. The first-order valence-corrected chi connectivity index (χ1v) is 6.72. The Labute approximate surface area is 122 Å². The number of ether oxygens (including phenoxy) is 1. The maximum Gasteiger partial charge on any atom is 0.246 e. The Morgan fingerprint density at radius 2 is 2.38 bits per heavy atom. The van der Waals surface area contributed by atoms with Gasteiger partial charge in [0.05, 0.1) is 6.33 Å². The van der Waals surface area contributed by atoms with Gasteiger partial charge in [0.15, 0.2) is 5.82 Å². The molecule has 8 nitrogen and oxygen atoms in total. The lowest BCUT2D eigenvalue weighted by molar-refractivity contribution is -0.135. The molecule has 1 amide bonds. The quantitative estimate of drug-likeness (QED) is 0.757. The van der Waals surface area contributed by atoms with E-state index < -0.39 is 0 Å². The van der Waals surface area contributed by atoms with Crippen molar-refractivity contribution in [3.63, 3.8) is 0 Å². The smallest absolute Gasteiger partial charge is 0.246 e. The van der Waals surface area contributed by atoms with Gasteiger partial charge < -0.3 is 18.7 Å². The molecule has 0 bridgehead atoms. The normalized spacial score (nSPS) is 12.3. The Morgan fingerprint density at radius 3 is 3.00 bits per heavy atom. The summed E-state index contributed by atoms with van der Waals surface area (Å²) in [6.07, 6.45) is 5.04. The van der Waals surface area contributed by atoms with Crippen molar-refractivity contribution in [3.8, 4) is 0 Å². The average molecular weight is 293 g/mol. The third-order valence-electron chi connectivity index (χ3n) is 3.13. The zero-order chi connectivity index (χ0) is 15.2. The standard InChI is InChI=1S/C13H19N5O3/c1-4-17(7-12-15-11(8-20-3)16-21-12)13(19)10(2)18-6-5-14-9-18/h5-6,9-10H,4,7-8H2,1-3H3/t10-/m0/s1. The van der Waals surface area contributed by atoms with Crippen molar-refractivity contribution in [2.45, 2.75) is 33.0 Å². The van der Waals surface area contributed by atoms with Crippen molar-refractivity contribution in [3.05, 3.63) is 30.4 Å². The van der Waals surface area contributed by atoms with Crippen molar-refractivity contribution in [2.75, 3.05) is 13.7 Å². The van der Waals surface area contributed by atoms with Gasteiger partial charge in [-0.3, -0.25) is 4.79 Å². The van der Waals surface area contributed by atoms with Crippen molar-refractivity contribution < 1.29 is 14.1 Å². The van der Waals surface area contributed by atoms with Crippen molar-refractivity contribution in [2.24, 2.45) is 0 Å². The molecule has 0 spiro atoms. The summed E-state index contributed by atoms with van der Waals surface area (Å²) >= 11 is 0. The minimum Gasteiger partial charge on any atom is -0.377 e. The average Bonchev–Trinajstić information content (AvgIpc) is 3.15. The first-order valence-electron chi connectivity index (χ1n) is 6.72. The summed E-state index contributed by atoms with van der Waals surface area (Å²) in [7, 11) is 1.56. The lowest BCUT2D eigenvalue weighted by Gasteiger charge is -2.23. The fraction of sp³-hybridized carbons (Fsp3) is 0.538. The van der Waals surface area contributed by atoms with Gasteiger partial charge in [0.25, 0.3) is 0 Å². The van der Waals surface area contributed by atoms with Crippen LogP contribution in [-0.2, 0) is 22.7 Å². The van der Waals surface area contributed by atoms with Crippen LogP contribution in [0.3, 0.4) is 0 Å². The number of carbonyl (C=O) groups is 1. The number of nitrogens with zero attached hydrogens (tertiary/aromatic N) is 5. The first kappa shape index (κ1) is 15.2. The highest BCUT2D eigenvalue weighted by molar-refractivity contribution is 5.79. The van der Waals surface area contributed by atoms with Gasteiger partial charge in [-0.15, -0.1) is 0 Å². The van der Waals surface area contributed by atoms with Gasteiger partial charge in [0.1, 0.15) is 19.2 Å². The van der Waals surface area contributed by atoms with E-state index in [4.69, 9.17) is 9.26 Å². The molecule has 1 atom stereocenters. The molecule has 21 heavy (non-hydrogen) atoms. The van der Waals surface area contributed by atoms with Gasteiger partial charge in [0.2, 0.25) is 11.8 Å². The summed E-state index contributed by atoms with van der Waals surface area (Å²) in [4.78, 5) is 22.3. The maximum atomic E-state index is 12.5. The Morgan fingerprint density at radius 1 is 1.57 bits per heavy atom. The number of amides is 1. The lowest BCUT2D eigenvalue weighted by Crippen LogP contribution is -2.35. The Kier molecular flexibility index (Phi) is 5.04. The van der Waals surface area contributed by atoms with E-state index >= 15 is 0 Å². The molecule has 2 rings (SSSR count). The monoisotopic (exact) mass is 293 g/mol. The molecule has 0 saturated heterocycles. The number of aromatic nitrogens is 4. The summed E-state index contributed by atoms with van der Waals surface area (Å²) in [5, 5.41) is 3.78. The molecule has 0 fully saturated rings. The summed E-state index contributed by atoms with van der Waals surface area (Å²) in [5.41, 5.74) is 0. The number of imidazole rings is 1. The van der Waals surface area contributed by atoms with Crippen LogP contribution in [0.4, 0.5) is 0 Å². The molecule has 0 aromatic carbocycles. The zero-order valence-electron chi connectivity index (χ0n) is 12.4. The third-order valence-corrected chi connectivity index (χ3v) is 3.13. The summed E-state index contributed by atoms with van der Waals surface area (Å²) < 4.78 is 11.8. The van der Waals surface area contributed by atoms with Crippen LogP contribution in [0.15, 0.2) is 23.2 Å². The summed E-state index contributed by atoms with van der Waals surface area (Å²) in [5.74, 6) is 0.843. The van der Waals surface area contributed by atoms with E-state index in [1.54, 1.807) is 35.3 Å². The number of hydrogen-bond acceptors (Lipinski definition) is 6. The topological polar surface area (TPSA) is 86.3 Å². The Bertz CT molecular complexity index is 566. The lowest BCUT2D eigenvalue weighted by atomic mass is 10.2. The van der Waals surface area contributed by atoms with Crippen LogP contribution in [0.25, 0.3) is 0 Å². The van der Waals surface area contributed by atoms with Gasteiger partial charge in [0, 0.05) is 26.0 Å². The number of hydrogen-bond donors (Lipinski definition) is 0. The van der Waals surface area contributed by atoms with E-state index in [0.717, 1.165) is 0 Å². The van der Waals surface area contributed by atoms with Crippen LogP contribution in [0.2, 0.25) is 0 Å². The summed E-state index contributed by atoms with van der Waals surface area (Å²) in [6.45, 7) is 4.86. The molecular formula is C13H19N5O3. The van der Waals surface area contributed by atoms with Crippen molar-refractivity contribution in [1.29, 1.82) is 0 Å². The van der Waals surface area contributed by atoms with E-state index in [0.29, 0.717) is 18.3 Å². The SMILES string of the molecule is CCN(Cc1nc(COC)no1)C(=O)[C@H](C)n1ccnc1. The van der Waals surface area contributed by atoms with E-state index in [-0.39, 0.29) is 25.1 Å². The largest absolute Gasteiger partial charge is 0.377 e. The summed E-state index contributed by atoms with van der Waals surface area (Å²) in [6, 6.07) is -0.325. The highest BCUT2D eigenvalue weighted by Gasteiger charge is 2.22. The predicted octanol–water partition coefficient (Wildman–Crippen LogP) is 1.02. The molecule has 2 heterocycles. The Balaban J connectivity index is 2.03. The van der Waals surface area contributed by atoms with Crippen molar-refractivity contribution >= 4 is 5.91 Å². The molecule has 114 valence electrons. The number of likely N-dealkylation sites (N-methyl/N-ethyl adjacent to an activating group) is 1. The molecule has 2 aromatic rings. The van der Waals surface area contributed by atoms with Gasteiger partial charge in [-0.2, -0.15) is 4.98 Å². The van der Waals surface area contributed by atoms with Crippen LogP contribution in [0, 0.1) is 0 Å². The van der Waals surface area contributed by atoms with Crippen LogP contribution in [0.5, 0.6) is 0 Å². The van der Waals surface area contributed by atoms with Crippen molar-refractivity contribution in [1.82, 2.24) is 24.6 Å². The van der Waals surface area contributed by atoms with Crippen LogP contribution in [0.1, 0.15) is 31.6 Å². The van der Waals surface area contributed by atoms with Crippen LogP contribution < -0.4 is 0 Å². The molecule has 0 radical (unpaired) electrons. The van der Waals surface area contributed by atoms with Crippen LogP contribution >= 0.6 is 0 Å². The van der Waals surface area contributed by atoms with E-state index in [1.807, 2.05) is 13.8 Å². The minimum atomic E-state index is -0.325. The third kappa shape index (κ3) is 3.66. The molecule has 0 aliphatic heterocycles. The van der Waals surface area contributed by atoms with Crippen LogP contribution in [-0.4, -0.2) is 44.2 Å². The molecule has 0 aliphatic rings. The fourth-order valence-electron chi connectivity index (χ4n) is 1.94. The second-order valence-electron chi connectivity index (χ2n) is 4.58. The fourth-order valence-corrected chi connectivity index (χ4v) is 1.94. The second-order valence-corrected chi connectivity index (χ2v) is 4.58. The molecule has 2 aromatic heterocycles. The molecule has 0 N–H and O–H groups in total. The number of methoxy groups -OCH3 is 1. The molecule has 0 saturated carbocycles. The number of carbonyl (C=O) groups excluding carboxylic acids is 1. The molecular weight excluding hydrogens is 274 g/mol. The zero-order valence-corrected chi connectivity index (χ0v) is 12.4. The van der Waals surface area contributed by atoms with Gasteiger partial charge in [-0.1, -0.05) is 5.16 Å². The first-order chi connectivity index (χ1) is 10.2. The second kappa shape index (κ2) is 6.98. The van der Waals surface area contributed by atoms with Gasteiger partial charge in [-0.25, -0.2) is 4.98 Å².